The molecule has 0 fully saturated rings. The van der Waals surface area contributed by atoms with E-state index in [4.69, 9.17) is 0 Å². The number of aromatic nitrogens is 1. The summed E-state index contributed by atoms with van der Waals surface area (Å²) in [6, 6.07) is 2.09. The molecule has 0 amide bonds. The third kappa shape index (κ3) is 1.15. The normalized spacial score (nSPS) is 20.7. The highest BCUT2D eigenvalue weighted by atomic mass is 14.6. The van der Waals surface area contributed by atoms with Crippen LogP contribution in [-0.4, -0.2) is 4.98 Å². The van der Waals surface area contributed by atoms with E-state index in [1.165, 1.54) is 10.4 Å². The van der Waals surface area contributed by atoms with Gasteiger partial charge in [0.25, 0.3) is 0 Å². The Morgan fingerprint density at radius 3 is 3.17 bits per heavy atom. The Labute approximate surface area is 72.5 Å². The molecule has 1 heteroatoms. The Morgan fingerprint density at radius 2 is 2.33 bits per heavy atom. The summed E-state index contributed by atoms with van der Waals surface area (Å²) >= 11 is 0. The van der Waals surface area contributed by atoms with E-state index >= 15 is 0 Å². The van der Waals surface area contributed by atoms with Crippen LogP contribution in [-0.2, 0) is 0 Å². The average molecular weight is 159 g/mol. The molecule has 12 heavy (non-hydrogen) atoms. The number of nitrogens with zero attached hydrogens (tertiary/aromatic N) is 1. The molecule has 1 heterocycles. The van der Waals surface area contributed by atoms with Gasteiger partial charge in [-0.3, -0.25) is 4.98 Å². The van der Waals surface area contributed by atoms with E-state index in [9.17, 15) is 0 Å². The molecule has 0 N–H and O–H groups in total. The average Bonchev–Trinajstić information content (AvgIpc) is 2.07. The molecule has 0 aromatic carbocycles. The highest BCUT2D eigenvalue weighted by Gasteiger charge is 2.02. The van der Waals surface area contributed by atoms with E-state index in [-0.39, 0.29) is 0 Å². The van der Waals surface area contributed by atoms with Crippen LogP contribution in [0.25, 0.3) is 12.2 Å². The van der Waals surface area contributed by atoms with E-state index in [1.807, 2.05) is 6.20 Å². The molecular weight excluding hydrogens is 146 g/mol. The largest absolute Gasteiger partial charge is 0.261 e. The molecule has 0 radical (unpaired) electrons. The summed E-state index contributed by atoms with van der Waals surface area (Å²) in [7, 11) is 0. The fraction of sp³-hybridized carbons (Fsp3) is 0.364. The molecule has 2 rings (SSSR count). The van der Waals surface area contributed by atoms with Gasteiger partial charge in [0.1, 0.15) is 0 Å². The van der Waals surface area contributed by atoms with Crippen molar-refractivity contribution in [1.82, 2.24) is 4.98 Å². The Hall–Kier alpha value is -1.11. The molecule has 1 aliphatic carbocycles. The van der Waals surface area contributed by atoms with Gasteiger partial charge in [0.15, 0.2) is 0 Å². The van der Waals surface area contributed by atoms with Gasteiger partial charge >= 0.3 is 0 Å². The summed E-state index contributed by atoms with van der Waals surface area (Å²) in [5.41, 5.74) is 1.15. The lowest BCUT2D eigenvalue weighted by atomic mass is 9.99. The van der Waals surface area contributed by atoms with Crippen molar-refractivity contribution in [3.05, 3.63) is 28.4 Å². The summed E-state index contributed by atoms with van der Waals surface area (Å²) in [6.45, 7) is 4.31. The molecular formula is C11H13N. The zero-order valence-corrected chi connectivity index (χ0v) is 7.54. The van der Waals surface area contributed by atoms with Crippen molar-refractivity contribution in [3.8, 4) is 0 Å². The number of rotatable bonds is 0. The lowest BCUT2D eigenvalue weighted by Gasteiger charge is -2.08. The second-order valence-corrected chi connectivity index (χ2v) is 3.48. The van der Waals surface area contributed by atoms with Crippen molar-refractivity contribution >= 4 is 12.2 Å². The number of hydrogen-bond acceptors (Lipinski definition) is 1. The molecule has 62 valence electrons. The zero-order valence-electron chi connectivity index (χ0n) is 7.54. The lowest BCUT2D eigenvalue weighted by molar-refractivity contribution is 0.797. The number of hydrogen-bond donors (Lipinski definition) is 0. The van der Waals surface area contributed by atoms with Crippen molar-refractivity contribution in [2.45, 2.75) is 20.3 Å². The third-order valence-electron chi connectivity index (χ3n) is 2.38. The molecule has 0 spiro atoms. The van der Waals surface area contributed by atoms with Gasteiger partial charge in [-0.25, -0.2) is 0 Å². The first-order valence-corrected chi connectivity index (χ1v) is 4.41. The van der Waals surface area contributed by atoms with Crippen LogP contribution in [0.15, 0.2) is 12.3 Å². The smallest absolute Gasteiger partial charge is 0.0447 e. The molecule has 1 atom stereocenters. The molecule has 0 bridgehead atoms. The van der Waals surface area contributed by atoms with E-state index in [0.717, 1.165) is 12.1 Å². The van der Waals surface area contributed by atoms with E-state index in [2.05, 4.69) is 37.0 Å². The Balaban J connectivity index is 2.80. The van der Waals surface area contributed by atoms with E-state index in [0.29, 0.717) is 5.92 Å². The summed E-state index contributed by atoms with van der Waals surface area (Å²) in [4.78, 5) is 4.28. The minimum absolute atomic E-state index is 0.667. The number of fused-ring (bicyclic) bond motifs is 1. The van der Waals surface area contributed by atoms with Gasteiger partial charge in [-0.05, 0) is 35.8 Å². The first-order valence-electron chi connectivity index (χ1n) is 4.41. The topological polar surface area (TPSA) is 12.9 Å². The van der Waals surface area contributed by atoms with Crippen LogP contribution in [0, 0.1) is 12.8 Å². The highest BCUT2D eigenvalue weighted by Crippen LogP contribution is 2.05. The van der Waals surface area contributed by atoms with Crippen LogP contribution in [0.1, 0.15) is 19.0 Å². The fourth-order valence-electron chi connectivity index (χ4n) is 1.66. The summed E-state index contributed by atoms with van der Waals surface area (Å²) < 4.78 is 0. The molecule has 0 saturated carbocycles. The lowest BCUT2D eigenvalue weighted by Crippen LogP contribution is -2.31. The second kappa shape index (κ2) is 2.74. The quantitative estimate of drug-likeness (QED) is 0.550. The third-order valence-corrected chi connectivity index (χ3v) is 2.38. The van der Waals surface area contributed by atoms with Crippen LogP contribution in [0.4, 0.5) is 0 Å². The zero-order chi connectivity index (χ0) is 8.55. The molecule has 0 saturated heterocycles. The minimum Gasteiger partial charge on any atom is -0.261 e. The van der Waals surface area contributed by atoms with Gasteiger partial charge in [-0.1, -0.05) is 19.1 Å². The van der Waals surface area contributed by atoms with E-state index in [1.54, 1.807) is 0 Å². The fourth-order valence-corrected chi connectivity index (χ4v) is 1.66. The van der Waals surface area contributed by atoms with Crippen LogP contribution in [0.2, 0.25) is 0 Å². The van der Waals surface area contributed by atoms with Gasteiger partial charge in [0.05, 0.1) is 0 Å². The standard InChI is InChI=1S/C11H13N/c1-8-3-4-10-5-6-12-9(2)11(10)7-8/h4-8H,3H2,1-2H3. The summed E-state index contributed by atoms with van der Waals surface area (Å²) in [5, 5.41) is 2.68. The maximum Gasteiger partial charge on any atom is 0.0447 e. The van der Waals surface area contributed by atoms with Crippen molar-refractivity contribution in [2.24, 2.45) is 5.92 Å². The SMILES string of the molecule is Cc1nccc2c1=CC(C)CC=2. The van der Waals surface area contributed by atoms with Gasteiger partial charge in [-0.15, -0.1) is 0 Å². The maximum atomic E-state index is 4.28. The maximum absolute atomic E-state index is 4.28. The molecule has 1 unspecified atom stereocenters. The first kappa shape index (κ1) is 7.53. The molecule has 0 aliphatic heterocycles. The summed E-state index contributed by atoms with van der Waals surface area (Å²) in [5.74, 6) is 0.667. The predicted molar refractivity (Wildman–Crippen MR) is 50.9 cm³/mol. The molecule has 1 nitrogen and oxygen atoms in total. The Kier molecular flexibility index (Phi) is 1.72. The van der Waals surface area contributed by atoms with Gasteiger partial charge in [0.2, 0.25) is 0 Å². The summed E-state index contributed by atoms with van der Waals surface area (Å²) in [6.07, 6.45) is 7.66. The van der Waals surface area contributed by atoms with Crippen LogP contribution in [0.3, 0.4) is 0 Å². The van der Waals surface area contributed by atoms with Gasteiger partial charge in [0, 0.05) is 11.9 Å². The van der Waals surface area contributed by atoms with Crippen LogP contribution in [0.5, 0.6) is 0 Å². The Morgan fingerprint density at radius 1 is 1.50 bits per heavy atom. The van der Waals surface area contributed by atoms with Crippen molar-refractivity contribution in [1.29, 1.82) is 0 Å². The van der Waals surface area contributed by atoms with Crippen LogP contribution >= 0.6 is 0 Å². The highest BCUT2D eigenvalue weighted by molar-refractivity contribution is 5.40. The van der Waals surface area contributed by atoms with Crippen molar-refractivity contribution in [3.63, 3.8) is 0 Å². The number of aryl methyl sites for hydroxylation is 1. The number of pyridine rings is 1. The van der Waals surface area contributed by atoms with Crippen LogP contribution < -0.4 is 10.4 Å². The molecule has 1 aromatic rings. The monoisotopic (exact) mass is 159 g/mol. The van der Waals surface area contributed by atoms with Gasteiger partial charge in [-0.2, -0.15) is 0 Å². The van der Waals surface area contributed by atoms with Crippen molar-refractivity contribution < 1.29 is 0 Å². The Bertz CT molecular complexity index is 404. The first-order chi connectivity index (χ1) is 5.77. The van der Waals surface area contributed by atoms with Crippen molar-refractivity contribution in [2.75, 3.05) is 0 Å². The molecule has 1 aromatic heterocycles. The predicted octanol–water partition coefficient (Wildman–Crippen LogP) is 0.991. The second-order valence-electron chi connectivity index (χ2n) is 3.48. The van der Waals surface area contributed by atoms with E-state index < -0.39 is 0 Å². The molecule has 1 aliphatic rings. The minimum atomic E-state index is 0.667. The van der Waals surface area contributed by atoms with Gasteiger partial charge < -0.3 is 0 Å².